The average molecular weight is 663 g/mol. The Balaban J connectivity index is 1.10. The van der Waals surface area contributed by atoms with Gasteiger partial charge in [-0.2, -0.15) is 0 Å². The molecule has 254 valence electrons. The van der Waals surface area contributed by atoms with Gasteiger partial charge in [0.05, 0.1) is 31.3 Å². The molecule has 0 saturated carbocycles. The number of carbonyl (C=O) groups is 3. The molecule has 48 heavy (non-hydrogen) atoms. The minimum absolute atomic E-state index is 0.111. The summed E-state index contributed by atoms with van der Waals surface area (Å²) in [5.74, 6) is -2.61. The summed E-state index contributed by atoms with van der Waals surface area (Å²) in [6.45, 7) is 0.917. The van der Waals surface area contributed by atoms with Gasteiger partial charge in [-0.1, -0.05) is 36.4 Å². The van der Waals surface area contributed by atoms with Crippen molar-refractivity contribution in [2.45, 2.75) is 68.7 Å². The van der Waals surface area contributed by atoms with Gasteiger partial charge in [0.1, 0.15) is 29.9 Å². The standard InChI is InChI=1S/C37H40F2N2O7/c38-27-10-8-25(9-11-27)32(42)17-16-30-34(41(35(30)44)29-14-12-28(39)13-15-29)26-6-4-24(5-7-26)18-19-37(22-47-23-37)48-21-33(43)40-20-2-1-3-31(40)36(45)46/h4-15,30-32,34,42H,1-3,16-23H2,(H,45,46)/t30-,31?,32?,34-/m1/s1. The van der Waals surface area contributed by atoms with Gasteiger partial charge < -0.3 is 29.5 Å². The summed E-state index contributed by atoms with van der Waals surface area (Å²) in [6, 6.07) is 18.3. The first-order valence-electron chi connectivity index (χ1n) is 16.5. The average Bonchev–Trinajstić information content (AvgIpc) is 3.07. The Labute approximate surface area is 278 Å². The van der Waals surface area contributed by atoms with E-state index < -0.39 is 35.5 Å². The topological polar surface area (TPSA) is 117 Å². The molecule has 3 aromatic rings. The molecule has 11 heteroatoms. The van der Waals surface area contributed by atoms with E-state index in [1.54, 1.807) is 17.0 Å². The Hall–Kier alpha value is -4.19. The van der Waals surface area contributed by atoms with Crippen LogP contribution in [-0.2, 0) is 30.3 Å². The van der Waals surface area contributed by atoms with E-state index in [0.29, 0.717) is 63.1 Å². The molecule has 0 spiro atoms. The number of hydrogen-bond donors (Lipinski definition) is 2. The van der Waals surface area contributed by atoms with Crippen molar-refractivity contribution in [1.82, 2.24) is 4.90 Å². The normalized spacial score (nSPS) is 22.5. The van der Waals surface area contributed by atoms with Crippen LogP contribution in [0.25, 0.3) is 0 Å². The van der Waals surface area contributed by atoms with Crippen molar-refractivity contribution < 1.29 is 42.9 Å². The number of aliphatic hydroxyl groups excluding tert-OH is 1. The minimum Gasteiger partial charge on any atom is -0.480 e. The fraction of sp³-hybridized carbons (Fsp3) is 0.432. The third-order valence-corrected chi connectivity index (χ3v) is 9.86. The lowest BCUT2D eigenvalue weighted by molar-refractivity contribution is -0.215. The summed E-state index contributed by atoms with van der Waals surface area (Å²) in [7, 11) is 0. The number of piperidine rings is 1. The predicted octanol–water partition coefficient (Wildman–Crippen LogP) is 5.37. The molecule has 3 aromatic carbocycles. The molecule has 0 aromatic heterocycles. The number of β-lactam (4-membered cyclic amide) rings is 1. The lowest BCUT2D eigenvalue weighted by Crippen LogP contribution is -2.55. The number of amides is 2. The number of carboxylic acid groups (broad SMARTS) is 1. The molecule has 3 fully saturated rings. The summed E-state index contributed by atoms with van der Waals surface area (Å²) in [5, 5.41) is 20.3. The van der Waals surface area contributed by atoms with Crippen LogP contribution in [0.4, 0.5) is 14.5 Å². The maximum Gasteiger partial charge on any atom is 0.326 e. The molecule has 6 rings (SSSR count). The van der Waals surface area contributed by atoms with Crippen LogP contribution >= 0.6 is 0 Å². The largest absolute Gasteiger partial charge is 0.480 e. The summed E-state index contributed by atoms with van der Waals surface area (Å²) >= 11 is 0. The number of carboxylic acids is 1. The molecular formula is C37H40F2N2O7. The van der Waals surface area contributed by atoms with E-state index in [0.717, 1.165) is 24.0 Å². The van der Waals surface area contributed by atoms with Gasteiger partial charge in [0.25, 0.3) is 0 Å². The molecule has 2 N–H and O–H groups in total. The number of aryl methyl sites for hydroxylation is 1. The first-order valence-corrected chi connectivity index (χ1v) is 16.5. The SMILES string of the molecule is O=C(O)C1CCCCN1C(=O)COC1(CCc2ccc([C@@H]3[C@@H](CCC(O)c4ccc(F)cc4)C(=O)N3c3ccc(F)cc3)cc2)COC1. The van der Waals surface area contributed by atoms with Crippen molar-refractivity contribution >= 4 is 23.5 Å². The summed E-state index contributed by atoms with van der Waals surface area (Å²) in [6.07, 6.45) is 3.13. The maximum absolute atomic E-state index is 13.7. The smallest absolute Gasteiger partial charge is 0.326 e. The van der Waals surface area contributed by atoms with Crippen LogP contribution in [0.2, 0.25) is 0 Å². The Bertz CT molecular complexity index is 1600. The fourth-order valence-corrected chi connectivity index (χ4v) is 6.96. The number of ether oxygens (including phenoxy) is 2. The van der Waals surface area contributed by atoms with Crippen molar-refractivity contribution in [2.75, 3.05) is 31.3 Å². The predicted molar refractivity (Wildman–Crippen MR) is 172 cm³/mol. The molecule has 0 bridgehead atoms. The third kappa shape index (κ3) is 7.28. The van der Waals surface area contributed by atoms with Crippen LogP contribution in [0, 0.1) is 17.6 Å². The number of anilines is 1. The second kappa shape index (κ2) is 14.5. The summed E-state index contributed by atoms with van der Waals surface area (Å²) in [5.41, 5.74) is 2.48. The van der Waals surface area contributed by atoms with E-state index in [4.69, 9.17) is 9.47 Å². The third-order valence-electron chi connectivity index (χ3n) is 9.86. The van der Waals surface area contributed by atoms with Crippen molar-refractivity contribution in [1.29, 1.82) is 0 Å². The van der Waals surface area contributed by atoms with Gasteiger partial charge in [-0.25, -0.2) is 13.6 Å². The van der Waals surface area contributed by atoms with Crippen molar-refractivity contribution in [3.05, 3.63) is 101 Å². The number of benzene rings is 3. The highest BCUT2D eigenvalue weighted by molar-refractivity contribution is 6.03. The lowest BCUT2D eigenvalue weighted by atomic mass is 9.78. The van der Waals surface area contributed by atoms with Gasteiger partial charge in [-0.05, 0) is 98.0 Å². The monoisotopic (exact) mass is 662 g/mol. The van der Waals surface area contributed by atoms with Crippen molar-refractivity contribution in [3.63, 3.8) is 0 Å². The van der Waals surface area contributed by atoms with Crippen LogP contribution < -0.4 is 4.90 Å². The van der Waals surface area contributed by atoms with Gasteiger partial charge >= 0.3 is 5.97 Å². The van der Waals surface area contributed by atoms with E-state index in [2.05, 4.69) is 0 Å². The number of nitrogens with zero attached hydrogens (tertiary/aromatic N) is 2. The second-order valence-corrected chi connectivity index (χ2v) is 13.0. The quantitative estimate of drug-likeness (QED) is 0.237. The molecule has 3 aliphatic heterocycles. The van der Waals surface area contributed by atoms with E-state index >= 15 is 0 Å². The Morgan fingerprint density at radius 3 is 2.25 bits per heavy atom. The van der Waals surface area contributed by atoms with Crippen LogP contribution in [0.15, 0.2) is 72.8 Å². The number of carbonyl (C=O) groups excluding carboxylic acids is 2. The van der Waals surface area contributed by atoms with Crippen molar-refractivity contribution in [3.8, 4) is 0 Å². The summed E-state index contributed by atoms with van der Waals surface area (Å²) < 4.78 is 38.6. The number of hydrogen-bond acceptors (Lipinski definition) is 6. The zero-order valence-electron chi connectivity index (χ0n) is 26.6. The van der Waals surface area contributed by atoms with Crippen LogP contribution in [0.3, 0.4) is 0 Å². The molecule has 2 unspecified atom stereocenters. The second-order valence-electron chi connectivity index (χ2n) is 13.0. The van der Waals surface area contributed by atoms with Gasteiger partial charge in [-0.3, -0.25) is 9.59 Å². The number of halogens is 2. The van der Waals surface area contributed by atoms with E-state index in [-0.39, 0.29) is 30.3 Å². The molecule has 4 atom stereocenters. The molecular weight excluding hydrogens is 622 g/mol. The van der Waals surface area contributed by atoms with Crippen LogP contribution in [0.5, 0.6) is 0 Å². The highest BCUT2D eigenvalue weighted by atomic mass is 19.1. The molecule has 3 heterocycles. The summed E-state index contributed by atoms with van der Waals surface area (Å²) in [4.78, 5) is 41.0. The van der Waals surface area contributed by atoms with Gasteiger partial charge in [0.15, 0.2) is 0 Å². The van der Waals surface area contributed by atoms with E-state index in [1.165, 1.54) is 41.3 Å². The molecule has 3 aliphatic rings. The fourth-order valence-electron chi connectivity index (χ4n) is 6.96. The first-order chi connectivity index (χ1) is 23.1. The Kier molecular flexibility index (Phi) is 10.2. The zero-order chi connectivity index (χ0) is 33.8. The number of aliphatic carboxylic acids is 1. The maximum atomic E-state index is 13.7. The van der Waals surface area contributed by atoms with Gasteiger partial charge in [0.2, 0.25) is 11.8 Å². The first kappa shape index (κ1) is 33.7. The number of aliphatic hydroxyl groups is 1. The molecule has 0 aliphatic carbocycles. The lowest BCUT2D eigenvalue weighted by Gasteiger charge is -2.48. The highest BCUT2D eigenvalue weighted by Gasteiger charge is 2.48. The van der Waals surface area contributed by atoms with Gasteiger partial charge in [-0.15, -0.1) is 0 Å². The number of likely N-dealkylation sites (tertiary alicyclic amines) is 1. The highest BCUT2D eigenvalue weighted by Crippen LogP contribution is 2.46. The van der Waals surface area contributed by atoms with Crippen molar-refractivity contribution in [2.24, 2.45) is 5.92 Å². The van der Waals surface area contributed by atoms with Gasteiger partial charge in [0, 0.05) is 12.2 Å². The number of rotatable bonds is 13. The zero-order valence-corrected chi connectivity index (χ0v) is 26.6. The molecule has 2 amide bonds. The molecule has 9 nitrogen and oxygen atoms in total. The molecule has 3 saturated heterocycles. The van der Waals surface area contributed by atoms with E-state index in [9.17, 15) is 33.4 Å². The molecule has 0 radical (unpaired) electrons. The van der Waals surface area contributed by atoms with E-state index in [1.807, 2.05) is 24.3 Å². The minimum atomic E-state index is -0.992. The van der Waals surface area contributed by atoms with Crippen LogP contribution in [0.1, 0.15) is 67.4 Å². The van der Waals surface area contributed by atoms with Crippen LogP contribution in [-0.4, -0.2) is 70.9 Å². The Morgan fingerprint density at radius 1 is 0.958 bits per heavy atom. The Morgan fingerprint density at radius 2 is 1.62 bits per heavy atom.